The molecule has 3 aromatic rings. The van der Waals surface area contributed by atoms with Gasteiger partial charge in [0.05, 0.1) is 17.7 Å². The van der Waals surface area contributed by atoms with Crippen LogP contribution < -0.4 is 14.4 Å². The van der Waals surface area contributed by atoms with Crippen molar-refractivity contribution < 1.29 is 22.7 Å². The minimum absolute atomic E-state index is 0.0726. The van der Waals surface area contributed by atoms with Crippen molar-refractivity contribution in [2.75, 3.05) is 24.2 Å². The number of carbonyl (C=O) groups excluding carboxylic acids is 2. The van der Waals surface area contributed by atoms with E-state index in [0.717, 1.165) is 26.7 Å². The standard InChI is InChI=1S/C31H39N3O5S2/c1-7-23(3)32-31(36)24(4)33(20-25-10-14-27(39-5)15-11-25)30(35)21-34(26-12-8-22(2)9-13-26)41(37,38)29-18-16-28(40-6)17-19-29/h8-19,23-24H,7,20-21H2,1-6H3,(H,32,36)/t23-,24+/m0/s1. The van der Waals surface area contributed by atoms with Gasteiger partial charge < -0.3 is 15.0 Å². The predicted molar refractivity (Wildman–Crippen MR) is 165 cm³/mol. The van der Waals surface area contributed by atoms with E-state index in [4.69, 9.17) is 4.74 Å². The van der Waals surface area contributed by atoms with Crippen molar-refractivity contribution >= 4 is 39.3 Å². The molecule has 2 amide bonds. The van der Waals surface area contributed by atoms with E-state index in [1.807, 2.05) is 39.2 Å². The lowest BCUT2D eigenvalue weighted by molar-refractivity contribution is -0.139. The molecule has 8 nitrogen and oxygen atoms in total. The third kappa shape index (κ3) is 8.27. The lowest BCUT2D eigenvalue weighted by Crippen LogP contribution is -2.52. The number of carbonyl (C=O) groups is 2. The van der Waals surface area contributed by atoms with Gasteiger partial charge in [0.15, 0.2) is 0 Å². The maximum absolute atomic E-state index is 14.0. The van der Waals surface area contributed by atoms with E-state index in [1.165, 1.54) is 16.7 Å². The SMILES string of the molecule is CC[C@H](C)NC(=O)[C@@H](C)N(Cc1ccc(OC)cc1)C(=O)CN(c1ccc(C)cc1)S(=O)(=O)c1ccc(SC)cc1. The first-order valence-corrected chi connectivity index (χ1v) is 16.1. The van der Waals surface area contributed by atoms with Crippen LogP contribution in [0.5, 0.6) is 5.75 Å². The number of benzene rings is 3. The first-order valence-electron chi connectivity index (χ1n) is 13.5. The number of anilines is 1. The second kappa shape index (κ2) is 14.4. The van der Waals surface area contributed by atoms with E-state index in [-0.39, 0.29) is 23.4 Å². The van der Waals surface area contributed by atoms with Gasteiger partial charge in [0.1, 0.15) is 18.3 Å². The van der Waals surface area contributed by atoms with Gasteiger partial charge in [-0.25, -0.2) is 8.42 Å². The number of methoxy groups -OCH3 is 1. The Morgan fingerprint density at radius 3 is 2.10 bits per heavy atom. The molecule has 10 heteroatoms. The van der Waals surface area contributed by atoms with Crippen LogP contribution in [-0.4, -0.2) is 57.1 Å². The van der Waals surface area contributed by atoms with E-state index in [2.05, 4.69) is 5.32 Å². The van der Waals surface area contributed by atoms with Crippen LogP contribution in [0.3, 0.4) is 0 Å². The van der Waals surface area contributed by atoms with E-state index in [9.17, 15) is 18.0 Å². The highest BCUT2D eigenvalue weighted by Gasteiger charge is 2.32. The number of sulfonamides is 1. The molecule has 0 unspecified atom stereocenters. The lowest BCUT2D eigenvalue weighted by atomic mass is 10.1. The molecule has 0 aliphatic carbocycles. The van der Waals surface area contributed by atoms with Crippen molar-refractivity contribution in [3.05, 3.63) is 83.9 Å². The number of aryl methyl sites for hydroxylation is 1. The van der Waals surface area contributed by atoms with Gasteiger partial charge in [0.2, 0.25) is 11.8 Å². The number of amides is 2. The molecule has 0 aliphatic rings. The molecule has 0 fully saturated rings. The molecular weight excluding hydrogens is 558 g/mol. The van der Waals surface area contributed by atoms with E-state index in [1.54, 1.807) is 74.7 Å². The highest BCUT2D eigenvalue weighted by Crippen LogP contribution is 2.26. The molecule has 0 saturated heterocycles. The van der Waals surface area contributed by atoms with Crippen molar-refractivity contribution in [2.45, 2.75) is 62.5 Å². The van der Waals surface area contributed by atoms with Crippen LogP contribution in [0, 0.1) is 6.92 Å². The Morgan fingerprint density at radius 2 is 1.56 bits per heavy atom. The average Bonchev–Trinajstić information content (AvgIpc) is 2.98. The molecular formula is C31H39N3O5S2. The molecule has 0 radical (unpaired) electrons. The summed E-state index contributed by atoms with van der Waals surface area (Å²) in [5.74, 6) is -0.144. The summed E-state index contributed by atoms with van der Waals surface area (Å²) in [6.45, 7) is 7.06. The second-order valence-electron chi connectivity index (χ2n) is 9.89. The van der Waals surface area contributed by atoms with Gasteiger partial charge in [0, 0.05) is 17.5 Å². The molecule has 2 atom stereocenters. The number of hydrogen-bond donors (Lipinski definition) is 1. The third-order valence-electron chi connectivity index (χ3n) is 6.93. The van der Waals surface area contributed by atoms with Gasteiger partial charge in [-0.15, -0.1) is 11.8 Å². The Balaban J connectivity index is 2.01. The van der Waals surface area contributed by atoms with Crippen LogP contribution in [0.25, 0.3) is 0 Å². The summed E-state index contributed by atoms with van der Waals surface area (Å²) in [6, 6.07) is 19.8. The van der Waals surface area contributed by atoms with Crippen molar-refractivity contribution in [1.82, 2.24) is 10.2 Å². The zero-order chi connectivity index (χ0) is 30.2. The summed E-state index contributed by atoms with van der Waals surface area (Å²) in [5, 5.41) is 2.94. The monoisotopic (exact) mass is 597 g/mol. The molecule has 0 heterocycles. The third-order valence-corrected chi connectivity index (χ3v) is 9.46. The Bertz CT molecular complexity index is 1410. The van der Waals surface area contributed by atoms with Crippen LogP contribution in [0.2, 0.25) is 0 Å². The molecule has 220 valence electrons. The first kappa shape index (κ1) is 32.0. The molecule has 0 saturated carbocycles. The van der Waals surface area contributed by atoms with Gasteiger partial charge in [-0.3, -0.25) is 13.9 Å². The van der Waals surface area contributed by atoms with Gasteiger partial charge in [-0.1, -0.05) is 36.8 Å². The average molecular weight is 598 g/mol. The second-order valence-corrected chi connectivity index (χ2v) is 12.6. The molecule has 1 N–H and O–H groups in total. The number of nitrogens with zero attached hydrogens (tertiary/aromatic N) is 2. The molecule has 0 aromatic heterocycles. The van der Waals surface area contributed by atoms with E-state index >= 15 is 0 Å². The fraction of sp³-hybridized carbons (Fsp3) is 0.355. The molecule has 3 rings (SSSR count). The maximum Gasteiger partial charge on any atom is 0.264 e. The molecule has 41 heavy (non-hydrogen) atoms. The Kier molecular flexibility index (Phi) is 11.3. The minimum Gasteiger partial charge on any atom is -0.497 e. The normalized spacial score (nSPS) is 12.7. The van der Waals surface area contributed by atoms with Gasteiger partial charge in [-0.2, -0.15) is 0 Å². The summed E-state index contributed by atoms with van der Waals surface area (Å²) in [6.07, 6.45) is 2.65. The zero-order valence-corrected chi connectivity index (χ0v) is 26.1. The number of thioether (sulfide) groups is 1. The van der Waals surface area contributed by atoms with Crippen molar-refractivity contribution in [3.8, 4) is 5.75 Å². The quantitative estimate of drug-likeness (QED) is 0.270. The lowest BCUT2D eigenvalue weighted by Gasteiger charge is -2.32. The smallest absolute Gasteiger partial charge is 0.264 e. The van der Waals surface area contributed by atoms with Crippen molar-refractivity contribution in [1.29, 1.82) is 0 Å². The Labute approximate surface area is 248 Å². The zero-order valence-electron chi connectivity index (χ0n) is 24.5. The van der Waals surface area contributed by atoms with Crippen molar-refractivity contribution in [2.24, 2.45) is 0 Å². The highest BCUT2D eigenvalue weighted by molar-refractivity contribution is 7.98. The summed E-state index contributed by atoms with van der Waals surface area (Å²) in [4.78, 5) is 29.6. The highest BCUT2D eigenvalue weighted by atomic mass is 32.2. The van der Waals surface area contributed by atoms with Gasteiger partial charge >= 0.3 is 0 Å². The molecule has 0 bridgehead atoms. The molecule has 0 spiro atoms. The molecule has 3 aromatic carbocycles. The number of rotatable bonds is 13. The Morgan fingerprint density at radius 1 is 0.951 bits per heavy atom. The topological polar surface area (TPSA) is 96.0 Å². The van der Waals surface area contributed by atoms with Crippen molar-refractivity contribution in [3.63, 3.8) is 0 Å². The van der Waals surface area contributed by atoms with E-state index in [0.29, 0.717) is 11.4 Å². The Hall–Kier alpha value is -3.50. The van der Waals surface area contributed by atoms with Crippen LogP contribution in [0.4, 0.5) is 5.69 Å². The largest absolute Gasteiger partial charge is 0.497 e. The summed E-state index contributed by atoms with van der Waals surface area (Å²) < 4.78 is 34.3. The van der Waals surface area contributed by atoms with Gasteiger partial charge in [0.25, 0.3) is 10.0 Å². The minimum atomic E-state index is -4.11. The summed E-state index contributed by atoms with van der Waals surface area (Å²) >= 11 is 1.51. The summed E-state index contributed by atoms with van der Waals surface area (Å²) in [7, 11) is -2.54. The van der Waals surface area contributed by atoms with Gasteiger partial charge in [-0.05, 0) is 87.5 Å². The number of nitrogens with one attached hydrogen (secondary N) is 1. The van der Waals surface area contributed by atoms with Crippen LogP contribution >= 0.6 is 11.8 Å². The predicted octanol–water partition coefficient (Wildman–Crippen LogP) is 5.25. The molecule has 0 aliphatic heterocycles. The van der Waals surface area contributed by atoms with Crippen LogP contribution in [0.15, 0.2) is 82.6 Å². The fourth-order valence-electron chi connectivity index (χ4n) is 4.09. The van der Waals surface area contributed by atoms with Crippen LogP contribution in [-0.2, 0) is 26.2 Å². The van der Waals surface area contributed by atoms with E-state index < -0.39 is 28.5 Å². The summed E-state index contributed by atoms with van der Waals surface area (Å²) in [5.41, 5.74) is 2.09. The van der Waals surface area contributed by atoms with Crippen LogP contribution in [0.1, 0.15) is 38.3 Å². The first-order chi connectivity index (χ1) is 19.5. The maximum atomic E-state index is 14.0. The number of ether oxygens (including phenoxy) is 1. The number of hydrogen-bond acceptors (Lipinski definition) is 6. The fourth-order valence-corrected chi connectivity index (χ4v) is 5.91.